The van der Waals surface area contributed by atoms with Gasteiger partial charge in [0, 0.05) is 6.54 Å². The number of nitrogens with one attached hydrogen (secondary N) is 1. The van der Waals surface area contributed by atoms with Gasteiger partial charge in [-0.25, -0.2) is 0 Å². The largest absolute Gasteiger partial charge is 0.368 e. The molecule has 6 nitrogen and oxygen atoms in total. The van der Waals surface area contributed by atoms with Gasteiger partial charge in [-0.15, -0.1) is 0 Å². The molecule has 3 fully saturated rings. The van der Waals surface area contributed by atoms with E-state index in [9.17, 15) is 14.4 Å². The number of rotatable bonds is 7. The number of carbonyl (C=O) groups excluding carboxylic acids is 3. The number of likely N-dealkylation sites (tertiary alicyclic amines) is 1. The number of hydrogen-bond donors (Lipinski definition) is 1. The summed E-state index contributed by atoms with van der Waals surface area (Å²) >= 11 is 0. The maximum Gasteiger partial charge on any atom is 0.226 e. The van der Waals surface area contributed by atoms with Crippen LogP contribution in [0.15, 0.2) is 30.3 Å². The lowest BCUT2D eigenvalue weighted by Gasteiger charge is -2.43. The number of nitrogens with zero attached hydrogens (tertiary/aromatic N) is 1. The monoisotopic (exact) mass is 398 g/mol. The fraction of sp³-hybridized carbons (Fsp3) is 0.609. The third-order valence-electron chi connectivity index (χ3n) is 6.71. The third kappa shape index (κ3) is 4.28. The van der Waals surface area contributed by atoms with Crippen molar-refractivity contribution in [2.24, 2.45) is 5.92 Å². The molecule has 3 aliphatic rings. The Balaban J connectivity index is 1.57. The maximum atomic E-state index is 12.9. The molecule has 2 aliphatic heterocycles. The minimum Gasteiger partial charge on any atom is -0.368 e. The molecule has 0 spiro atoms. The first kappa shape index (κ1) is 20.2. The van der Waals surface area contributed by atoms with Gasteiger partial charge in [0.15, 0.2) is 17.7 Å². The molecule has 1 aliphatic carbocycles. The molecular formula is C23H30N2O4. The number of ether oxygens (including phenoxy) is 1. The zero-order valence-corrected chi connectivity index (χ0v) is 16.8. The van der Waals surface area contributed by atoms with Crippen molar-refractivity contribution in [2.75, 3.05) is 13.2 Å². The summed E-state index contributed by atoms with van der Waals surface area (Å²) in [7, 11) is 0. The minimum atomic E-state index is -1.14. The Morgan fingerprint density at radius 1 is 1.17 bits per heavy atom. The smallest absolute Gasteiger partial charge is 0.226 e. The average molecular weight is 399 g/mol. The first-order chi connectivity index (χ1) is 14.1. The van der Waals surface area contributed by atoms with Gasteiger partial charge < -0.3 is 10.1 Å². The summed E-state index contributed by atoms with van der Waals surface area (Å²) in [6.45, 7) is 0.681. The van der Waals surface area contributed by atoms with Crippen molar-refractivity contribution < 1.29 is 19.1 Å². The van der Waals surface area contributed by atoms with E-state index < -0.39 is 11.7 Å². The van der Waals surface area contributed by atoms with Crippen LogP contribution < -0.4 is 5.32 Å². The second-order valence-electron chi connectivity index (χ2n) is 8.70. The van der Waals surface area contributed by atoms with Crippen LogP contribution in [0, 0.1) is 5.92 Å². The van der Waals surface area contributed by atoms with Crippen LogP contribution in [0.3, 0.4) is 0 Å². The summed E-state index contributed by atoms with van der Waals surface area (Å²) in [5, 5.41) is 3.06. The molecule has 2 saturated heterocycles. The molecule has 1 saturated carbocycles. The summed E-state index contributed by atoms with van der Waals surface area (Å²) in [6.07, 6.45) is 7.88. The molecule has 0 radical (unpaired) electrons. The summed E-state index contributed by atoms with van der Waals surface area (Å²) < 4.78 is 5.63. The number of ketones is 1. The number of carbonyl (C=O) groups is 3. The second-order valence-corrected chi connectivity index (χ2v) is 8.70. The van der Waals surface area contributed by atoms with Crippen molar-refractivity contribution in [1.29, 1.82) is 0 Å². The van der Waals surface area contributed by atoms with Crippen LogP contribution in [-0.4, -0.2) is 53.8 Å². The van der Waals surface area contributed by atoms with Gasteiger partial charge in [0.1, 0.15) is 6.61 Å². The van der Waals surface area contributed by atoms with E-state index in [0.717, 1.165) is 37.5 Å². The number of aldehydes is 1. The number of fused-ring (bicyclic) bond motifs is 1. The number of Topliss-reactive ketones (excluding diaryl/α,β-unsaturated/α-hetero) is 1. The van der Waals surface area contributed by atoms with E-state index in [-0.39, 0.29) is 30.8 Å². The molecule has 0 bridgehead atoms. The van der Waals surface area contributed by atoms with Crippen LogP contribution in [0.25, 0.3) is 0 Å². The molecule has 1 amide bonds. The normalized spacial score (nSPS) is 27.4. The van der Waals surface area contributed by atoms with Crippen LogP contribution in [0.5, 0.6) is 0 Å². The lowest BCUT2D eigenvalue weighted by Crippen LogP contribution is -2.65. The molecule has 0 aromatic heterocycles. The molecule has 2 heterocycles. The van der Waals surface area contributed by atoms with Gasteiger partial charge >= 0.3 is 0 Å². The van der Waals surface area contributed by atoms with E-state index in [0.29, 0.717) is 25.3 Å². The van der Waals surface area contributed by atoms with Crippen molar-refractivity contribution in [1.82, 2.24) is 10.2 Å². The van der Waals surface area contributed by atoms with Crippen LogP contribution in [-0.2, 0) is 25.5 Å². The Labute approximate surface area is 172 Å². The first-order valence-corrected chi connectivity index (χ1v) is 10.8. The van der Waals surface area contributed by atoms with Crippen molar-refractivity contribution in [3.63, 3.8) is 0 Å². The molecule has 4 rings (SSSR count). The highest BCUT2D eigenvalue weighted by Crippen LogP contribution is 2.37. The van der Waals surface area contributed by atoms with Gasteiger partial charge in [-0.3, -0.25) is 19.3 Å². The van der Waals surface area contributed by atoms with E-state index >= 15 is 0 Å². The van der Waals surface area contributed by atoms with Gasteiger partial charge in [0.2, 0.25) is 5.91 Å². The number of amides is 1. The van der Waals surface area contributed by atoms with Crippen LogP contribution in [0.4, 0.5) is 0 Å². The summed E-state index contributed by atoms with van der Waals surface area (Å²) in [5.41, 5.74) is -0.238. The van der Waals surface area contributed by atoms with Crippen molar-refractivity contribution in [3.8, 4) is 0 Å². The molecule has 3 unspecified atom stereocenters. The zero-order valence-electron chi connectivity index (χ0n) is 16.8. The van der Waals surface area contributed by atoms with Crippen molar-refractivity contribution in [3.05, 3.63) is 35.9 Å². The highest BCUT2D eigenvalue weighted by Gasteiger charge is 2.53. The number of benzene rings is 1. The predicted octanol–water partition coefficient (Wildman–Crippen LogP) is 2.25. The molecule has 1 N–H and O–H groups in total. The lowest BCUT2D eigenvalue weighted by molar-refractivity contribution is -0.138. The molecule has 1 aromatic rings. The SMILES string of the molecule is O=CC(CC1CCCCC1)(NC(=O)Cc1ccccc1)N1CCC2OCC(=O)C21. The van der Waals surface area contributed by atoms with Gasteiger partial charge in [-0.2, -0.15) is 0 Å². The second kappa shape index (κ2) is 8.76. The predicted molar refractivity (Wildman–Crippen MR) is 108 cm³/mol. The molecular weight excluding hydrogens is 368 g/mol. The fourth-order valence-electron chi connectivity index (χ4n) is 5.33. The van der Waals surface area contributed by atoms with Crippen LogP contribution in [0.1, 0.15) is 50.5 Å². The van der Waals surface area contributed by atoms with Gasteiger partial charge in [0.05, 0.1) is 18.6 Å². The Hall–Kier alpha value is -2.05. The molecule has 1 aromatic carbocycles. The van der Waals surface area contributed by atoms with E-state index in [1.165, 1.54) is 6.42 Å². The summed E-state index contributed by atoms with van der Waals surface area (Å²) in [5.74, 6) is 0.205. The number of hydrogen-bond acceptors (Lipinski definition) is 5. The molecule has 6 heteroatoms. The van der Waals surface area contributed by atoms with E-state index in [4.69, 9.17) is 4.74 Å². The first-order valence-electron chi connectivity index (χ1n) is 10.8. The van der Waals surface area contributed by atoms with Crippen molar-refractivity contribution in [2.45, 2.75) is 69.2 Å². The highest BCUT2D eigenvalue weighted by molar-refractivity contribution is 5.89. The third-order valence-corrected chi connectivity index (χ3v) is 6.71. The summed E-state index contributed by atoms with van der Waals surface area (Å²) in [4.78, 5) is 39.9. The Bertz CT molecular complexity index is 747. The van der Waals surface area contributed by atoms with E-state index in [1.807, 2.05) is 35.2 Å². The molecule has 29 heavy (non-hydrogen) atoms. The van der Waals surface area contributed by atoms with E-state index in [1.54, 1.807) is 0 Å². The standard InChI is InChI=1S/C23H30N2O4/c26-16-23(14-18-9-5-2-6-10-18,24-21(28)13-17-7-3-1-4-8-17)25-12-11-20-22(25)19(27)15-29-20/h1,3-4,7-8,16,18,20,22H,2,5-6,9-15H2,(H,24,28). The van der Waals surface area contributed by atoms with Gasteiger partial charge in [-0.1, -0.05) is 62.4 Å². The van der Waals surface area contributed by atoms with Gasteiger partial charge in [0.25, 0.3) is 0 Å². The zero-order chi connectivity index (χ0) is 20.3. The molecule has 3 atom stereocenters. The van der Waals surface area contributed by atoms with Crippen LogP contribution >= 0.6 is 0 Å². The van der Waals surface area contributed by atoms with E-state index in [2.05, 4.69) is 5.32 Å². The minimum absolute atomic E-state index is 0.0136. The Morgan fingerprint density at radius 3 is 2.66 bits per heavy atom. The average Bonchev–Trinajstić information content (AvgIpc) is 3.32. The van der Waals surface area contributed by atoms with Gasteiger partial charge in [-0.05, 0) is 24.3 Å². The van der Waals surface area contributed by atoms with Crippen molar-refractivity contribution >= 4 is 18.0 Å². The quantitative estimate of drug-likeness (QED) is 0.713. The molecule has 156 valence electrons. The highest BCUT2D eigenvalue weighted by atomic mass is 16.5. The Morgan fingerprint density at radius 2 is 1.93 bits per heavy atom. The maximum absolute atomic E-state index is 12.9. The fourth-order valence-corrected chi connectivity index (χ4v) is 5.33. The topological polar surface area (TPSA) is 75.7 Å². The lowest BCUT2D eigenvalue weighted by atomic mass is 9.82. The van der Waals surface area contributed by atoms with Crippen LogP contribution in [0.2, 0.25) is 0 Å². The Kier molecular flexibility index (Phi) is 6.11. The summed E-state index contributed by atoms with van der Waals surface area (Å²) in [6, 6.07) is 9.10.